The van der Waals surface area contributed by atoms with Crippen LogP contribution in [0, 0.1) is 5.41 Å². The monoisotopic (exact) mass is 238 g/mol. The topological polar surface area (TPSA) is 55.9 Å². The second-order valence-electron chi connectivity index (χ2n) is 5.80. The predicted molar refractivity (Wildman–Crippen MR) is 74.3 cm³/mol. The van der Waals surface area contributed by atoms with Gasteiger partial charge in [-0.25, -0.2) is 0 Å². The number of nitrogen functional groups attached to an aromatic ring is 1. The third-order valence-electron chi connectivity index (χ3n) is 3.35. The van der Waals surface area contributed by atoms with Crippen LogP contribution in [0.25, 0.3) is 0 Å². The molecule has 1 rings (SSSR count). The SMILES string of the molecule is CCC(C)(C)CNc1c(N)c(C(C)C)nn1C. The van der Waals surface area contributed by atoms with Crippen molar-refractivity contribution < 1.29 is 0 Å². The van der Waals surface area contributed by atoms with E-state index in [9.17, 15) is 0 Å². The number of rotatable bonds is 5. The zero-order valence-corrected chi connectivity index (χ0v) is 12.0. The average molecular weight is 238 g/mol. The minimum Gasteiger partial charge on any atom is -0.394 e. The van der Waals surface area contributed by atoms with E-state index >= 15 is 0 Å². The molecular formula is C13H26N4. The number of hydrogen-bond donors (Lipinski definition) is 2. The smallest absolute Gasteiger partial charge is 0.147 e. The lowest BCUT2D eigenvalue weighted by Gasteiger charge is -2.23. The van der Waals surface area contributed by atoms with Crippen molar-refractivity contribution in [3.8, 4) is 0 Å². The van der Waals surface area contributed by atoms with Gasteiger partial charge in [-0.05, 0) is 17.8 Å². The first-order valence-electron chi connectivity index (χ1n) is 6.34. The van der Waals surface area contributed by atoms with Gasteiger partial charge in [-0.2, -0.15) is 5.10 Å². The maximum absolute atomic E-state index is 6.13. The van der Waals surface area contributed by atoms with E-state index in [1.165, 1.54) is 0 Å². The molecule has 0 saturated carbocycles. The zero-order valence-electron chi connectivity index (χ0n) is 12.0. The van der Waals surface area contributed by atoms with Gasteiger partial charge in [0.2, 0.25) is 0 Å². The van der Waals surface area contributed by atoms with Gasteiger partial charge in [-0.1, -0.05) is 34.6 Å². The molecule has 0 amide bonds. The van der Waals surface area contributed by atoms with E-state index in [0.717, 1.165) is 30.2 Å². The number of aryl methyl sites for hydroxylation is 1. The first-order valence-corrected chi connectivity index (χ1v) is 6.34. The normalized spacial score (nSPS) is 12.2. The van der Waals surface area contributed by atoms with Crippen LogP contribution in [0.15, 0.2) is 0 Å². The van der Waals surface area contributed by atoms with Crippen molar-refractivity contribution in [3.63, 3.8) is 0 Å². The van der Waals surface area contributed by atoms with Gasteiger partial charge in [0.25, 0.3) is 0 Å². The van der Waals surface area contributed by atoms with E-state index in [1.54, 1.807) is 0 Å². The lowest BCUT2D eigenvalue weighted by molar-refractivity contribution is 0.376. The zero-order chi connectivity index (χ0) is 13.2. The molecule has 4 nitrogen and oxygen atoms in total. The molecule has 4 heteroatoms. The Hall–Kier alpha value is -1.19. The summed E-state index contributed by atoms with van der Waals surface area (Å²) in [7, 11) is 1.93. The number of anilines is 2. The van der Waals surface area contributed by atoms with Gasteiger partial charge in [0.15, 0.2) is 0 Å². The number of nitrogens with one attached hydrogen (secondary N) is 1. The molecular weight excluding hydrogens is 212 g/mol. The molecule has 3 N–H and O–H groups in total. The molecule has 0 fully saturated rings. The molecule has 0 aliphatic carbocycles. The summed E-state index contributed by atoms with van der Waals surface area (Å²) in [6, 6.07) is 0. The number of aromatic nitrogens is 2. The molecule has 0 bridgehead atoms. The molecule has 0 aromatic carbocycles. The Bertz CT molecular complexity index is 377. The standard InChI is InChI=1S/C13H26N4/c1-7-13(4,5)8-15-12-10(14)11(9(2)3)16-17(12)6/h9,15H,7-8,14H2,1-6H3. The van der Waals surface area contributed by atoms with Crippen molar-refractivity contribution in [2.45, 2.75) is 47.0 Å². The fraction of sp³-hybridized carbons (Fsp3) is 0.769. The molecule has 0 atom stereocenters. The third kappa shape index (κ3) is 3.14. The van der Waals surface area contributed by atoms with Crippen LogP contribution >= 0.6 is 0 Å². The molecule has 0 spiro atoms. The molecule has 17 heavy (non-hydrogen) atoms. The second kappa shape index (κ2) is 4.98. The van der Waals surface area contributed by atoms with Crippen molar-refractivity contribution in [2.75, 3.05) is 17.6 Å². The van der Waals surface area contributed by atoms with E-state index in [2.05, 4.69) is 45.0 Å². The first-order chi connectivity index (χ1) is 7.78. The van der Waals surface area contributed by atoms with Crippen LogP contribution in [0.1, 0.15) is 52.7 Å². The lowest BCUT2D eigenvalue weighted by atomic mass is 9.90. The maximum atomic E-state index is 6.13. The van der Waals surface area contributed by atoms with Crippen LogP contribution in [0.3, 0.4) is 0 Å². The van der Waals surface area contributed by atoms with Crippen molar-refractivity contribution in [1.29, 1.82) is 0 Å². The van der Waals surface area contributed by atoms with Gasteiger partial charge in [0.05, 0.1) is 11.4 Å². The highest BCUT2D eigenvalue weighted by molar-refractivity contribution is 5.65. The summed E-state index contributed by atoms with van der Waals surface area (Å²) in [5, 5.41) is 7.89. The van der Waals surface area contributed by atoms with Crippen LogP contribution in [0.4, 0.5) is 11.5 Å². The minimum absolute atomic E-state index is 0.273. The lowest BCUT2D eigenvalue weighted by Crippen LogP contribution is -2.23. The van der Waals surface area contributed by atoms with E-state index in [4.69, 9.17) is 5.73 Å². The summed E-state index contributed by atoms with van der Waals surface area (Å²) < 4.78 is 1.84. The molecule has 1 aromatic heterocycles. The average Bonchev–Trinajstić information content (AvgIpc) is 2.52. The second-order valence-corrected chi connectivity index (χ2v) is 5.80. The van der Waals surface area contributed by atoms with E-state index in [-0.39, 0.29) is 5.41 Å². The summed E-state index contributed by atoms with van der Waals surface area (Å²) >= 11 is 0. The summed E-state index contributed by atoms with van der Waals surface area (Å²) in [4.78, 5) is 0. The van der Waals surface area contributed by atoms with E-state index in [0.29, 0.717) is 5.92 Å². The van der Waals surface area contributed by atoms with Crippen molar-refractivity contribution >= 4 is 11.5 Å². The Morgan fingerprint density at radius 3 is 2.41 bits per heavy atom. The molecule has 98 valence electrons. The predicted octanol–water partition coefficient (Wildman–Crippen LogP) is 2.97. The summed E-state index contributed by atoms with van der Waals surface area (Å²) in [6.45, 7) is 11.8. The molecule has 1 aromatic rings. The van der Waals surface area contributed by atoms with Crippen LogP contribution < -0.4 is 11.1 Å². The maximum Gasteiger partial charge on any atom is 0.147 e. The van der Waals surface area contributed by atoms with Crippen LogP contribution in [0.5, 0.6) is 0 Å². The first kappa shape index (κ1) is 13.9. The molecule has 0 aliphatic heterocycles. The Morgan fingerprint density at radius 1 is 1.41 bits per heavy atom. The van der Waals surface area contributed by atoms with Crippen molar-refractivity contribution in [3.05, 3.63) is 5.69 Å². The third-order valence-corrected chi connectivity index (χ3v) is 3.35. The van der Waals surface area contributed by atoms with Crippen LogP contribution in [0.2, 0.25) is 0 Å². The number of hydrogen-bond acceptors (Lipinski definition) is 3. The van der Waals surface area contributed by atoms with Gasteiger partial charge < -0.3 is 11.1 Å². The molecule has 0 saturated heterocycles. The fourth-order valence-electron chi connectivity index (χ4n) is 1.65. The number of nitrogens with two attached hydrogens (primary N) is 1. The van der Waals surface area contributed by atoms with Gasteiger partial charge in [-0.3, -0.25) is 4.68 Å². The fourth-order valence-corrected chi connectivity index (χ4v) is 1.65. The highest BCUT2D eigenvalue weighted by Crippen LogP contribution is 2.29. The van der Waals surface area contributed by atoms with E-state index < -0.39 is 0 Å². The Labute approximate surface area is 105 Å². The molecule has 0 unspecified atom stereocenters. The Balaban J connectivity index is 2.85. The Kier molecular flexibility index (Phi) is 4.07. The van der Waals surface area contributed by atoms with Crippen molar-refractivity contribution in [1.82, 2.24) is 9.78 Å². The van der Waals surface area contributed by atoms with Crippen LogP contribution in [-0.4, -0.2) is 16.3 Å². The van der Waals surface area contributed by atoms with Gasteiger partial charge >= 0.3 is 0 Å². The largest absolute Gasteiger partial charge is 0.394 e. The molecule has 0 aliphatic rings. The molecule has 0 radical (unpaired) electrons. The summed E-state index contributed by atoms with van der Waals surface area (Å²) in [5.74, 6) is 1.30. The van der Waals surface area contributed by atoms with E-state index in [1.807, 2.05) is 11.7 Å². The highest BCUT2D eigenvalue weighted by Gasteiger charge is 2.19. The summed E-state index contributed by atoms with van der Waals surface area (Å²) in [6.07, 6.45) is 1.13. The van der Waals surface area contributed by atoms with Gasteiger partial charge in [-0.15, -0.1) is 0 Å². The van der Waals surface area contributed by atoms with Crippen LogP contribution in [-0.2, 0) is 7.05 Å². The van der Waals surface area contributed by atoms with Crippen molar-refractivity contribution in [2.24, 2.45) is 12.5 Å². The summed E-state index contributed by atoms with van der Waals surface area (Å²) in [5.41, 5.74) is 8.17. The van der Waals surface area contributed by atoms with Gasteiger partial charge in [0.1, 0.15) is 5.82 Å². The Morgan fingerprint density at radius 2 is 2.00 bits per heavy atom. The number of nitrogens with zero attached hydrogens (tertiary/aromatic N) is 2. The quantitative estimate of drug-likeness (QED) is 0.829. The molecule has 1 heterocycles. The minimum atomic E-state index is 0.273. The van der Waals surface area contributed by atoms with Gasteiger partial charge in [0, 0.05) is 13.6 Å². The highest BCUT2D eigenvalue weighted by atomic mass is 15.3.